The van der Waals surface area contributed by atoms with Crippen LogP contribution in [0.2, 0.25) is 0 Å². The molecule has 0 radical (unpaired) electrons. The molecule has 1 heterocycles. The van der Waals surface area contributed by atoms with E-state index in [2.05, 4.69) is 47.8 Å². The van der Waals surface area contributed by atoms with Gasteiger partial charge >= 0.3 is 0 Å². The zero-order valence-electron chi connectivity index (χ0n) is 11.1. The van der Waals surface area contributed by atoms with Gasteiger partial charge in [0, 0.05) is 16.0 Å². The predicted molar refractivity (Wildman–Crippen MR) is 96.3 cm³/mol. The first-order chi connectivity index (χ1) is 9.97. The van der Waals surface area contributed by atoms with Gasteiger partial charge < -0.3 is 9.64 Å². The first kappa shape index (κ1) is 17.0. The van der Waals surface area contributed by atoms with Crippen LogP contribution in [0.25, 0.3) is 0 Å². The Hall–Kier alpha value is -0.370. The standard InChI is InChI=1S/C14H12Br3NO2S/c1-18(14(19)12-8-11(16)13(17)21-12)6-7-20-10-4-2-9(15)3-5-10/h2-5,8H,6-7H2,1H3. The van der Waals surface area contributed by atoms with E-state index in [1.807, 2.05) is 30.3 Å². The van der Waals surface area contributed by atoms with E-state index in [4.69, 9.17) is 4.74 Å². The van der Waals surface area contributed by atoms with Crippen LogP contribution in [0.15, 0.2) is 43.1 Å². The number of amides is 1. The Morgan fingerprint density at radius 1 is 1.24 bits per heavy atom. The molecule has 0 atom stereocenters. The molecule has 112 valence electrons. The summed E-state index contributed by atoms with van der Waals surface area (Å²) in [6.07, 6.45) is 0. The van der Waals surface area contributed by atoms with Crippen molar-refractivity contribution in [3.63, 3.8) is 0 Å². The Bertz CT molecular complexity index is 608. The van der Waals surface area contributed by atoms with Gasteiger partial charge in [0.25, 0.3) is 5.91 Å². The minimum Gasteiger partial charge on any atom is -0.492 e. The molecule has 2 aromatic rings. The summed E-state index contributed by atoms with van der Waals surface area (Å²) in [5, 5.41) is 0. The molecule has 2 rings (SSSR count). The second-order valence-corrected chi connectivity index (χ2v) is 8.40. The molecule has 0 aliphatic carbocycles. The molecule has 0 saturated carbocycles. The SMILES string of the molecule is CN(CCOc1ccc(Br)cc1)C(=O)c1cc(Br)c(Br)s1. The lowest BCUT2D eigenvalue weighted by molar-refractivity contribution is 0.0778. The molecule has 0 saturated heterocycles. The molecule has 0 spiro atoms. The monoisotopic (exact) mass is 495 g/mol. The number of thiophene rings is 1. The van der Waals surface area contributed by atoms with Gasteiger partial charge in [-0.1, -0.05) is 15.9 Å². The minimum atomic E-state index is -0.00851. The molecule has 0 fully saturated rings. The first-order valence-corrected chi connectivity index (χ1v) is 9.25. The maximum absolute atomic E-state index is 12.2. The van der Waals surface area contributed by atoms with Crippen molar-refractivity contribution in [3.8, 4) is 5.75 Å². The highest BCUT2D eigenvalue weighted by Crippen LogP contribution is 2.32. The van der Waals surface area contributed by atoms with Crippen molar-refractivity contribution in [1.29, 1.82) is 0 Å². The molecule has 0 aliphatic rings. The maximum Gasteiger partial charge on any atom is 0.263 e. The number of ether oxygens (including phenoxy) is 1. The highest BCUT2D eigenvalue weighted by molar-refractivity contribution is 9.13. The quantitative estimate of drug-likeness (QED) is 0.569. The molecule has 21 heavy (non-hydrogen) atoms. The lowest BCUT2D eigenvalue weighted by atomic mass is 10.3. The number of hydrogen-bond donors (Lipinski definition) is 0. The van der Waals surface area contributed by atoms with Crippen molar-refractivity contribution in [2.45, 2.75) is 0 Å². The van der Waals surface area contributed by atoms with E-state index in [0.717, 1.165) is 18.5 Å². The summed E-state index contributed by atoms with van der Waals surface area (Å²) in [6, 6.07) is 9.44. The van der Waals surface area contributed by atoms with E-state index in [-0.39, 0.29) is 5.91 Å². The Kier molecular flexibility index (Phi) is 6.28. The second-order valence-electron chi connectivity index (χ2n) is 4.26. The van der Waals surface area contributed by atoms with Crippen LogP contribution >= 0.6 is 59.1 Å². The fourth-order valence-corrected chi connectivity index (χ4v) is 3.87. The van der Waals surface area contributed by atoms with Crippen molar-refractivity contribution in [1.82, 2.24) is 4.90 Å². The van der Waals surface area contributed by atoms with E-state index in [1.165, 1.54) is 11.3 Å². The molecule has 0 aliphatic heterocycles. The van der Waals surface area contributed by atoms with Crippen LogP contribution in [0.4, 0.5) is 0 Å². The van der Waals surface area contributed by atoms with Gasteiger partial charge in [-0.05, 0) is 62.2 Å². The van der Waals surface area contributed by atoms with Crippen molar-refractivity contribution in [2.75, 3.05) is 20.2 Å². The highest BCUT2D eigenvalue weighted by atomic mass is 79.9. The molecular formula is C14H12Br3NO2S. The topological polar surface area (TPSA) is 29.5 Å². The maximum atomic E-state index is 12.2. The van der Waals surface area contributed by atoms with Crippen LogP contribution in [0.3, 0.4) is 0 Å². The zero-order valence-corrected chi connectivity index (χ0v) is 16.7. The second kappa shape index (κ2) is 7.76. The largest absolute Gasteiger partial charge is 0.492 e. The molecule has 7 heteroatoms. The van der Waals surface area contributed by atoms with Gasteiger partial charge in [0.15, 0.2) is 0 Å². The Balaban J connectivity index is 1.85. The van der Waals surface area contributed by atoms with Gasteiger partial charge in [0.05, 0.1) is 15.2 Å². The number of carbonyl (C=O) groups excluding carboxylic acids is 1. The molecule has 0 bridgehead atoms. The molecule has 1 amide bonds. The number of benzene rings is 1. The molecular weight excluding hydrogens is 486 g/mol. The smallest absolute Gasteiger partial charge is 0.263 e. The van der Waals surface area contributed by atoms with E-state index in [9.17, 15) is 4.79 Å². The normalized spacial score (nSPS) is 10.5. The van der Waals surface area contributed by atoms with Gasteiger partial charge in [-0.3, -0.25) is 4.79 Å². The van der Waals surface area contributed by atoms with Crippen LogP contribution in [0.5, 0.6) is 5.75 Å². The zero-order chi connectivity index (χ0) is 15.4. The Morgan fingerprint density at radius 2 is 1.90 bits per heavy atom. The van der Waals surface area contributed by atoms with E-state index >= 15 is 0 Å². The summed E-state index contributed by atoms with van der Waals surface area (Å²) >= 11 is 11.6. The van der Waals surface area contributed by atoms with Crippen LogP contribution in [-0.4, -0.2) is 31.0 Å². The van der Waals surface area contributed by atoms with Crippen LogP contribution in [0.1, 0.15) is 9.67 Å². The lowest BCUT2D eigenvalue weighted by Gasteiger charge is -2.16. The average molecular weight is 498 g/mol. The van der Waals surface area contributed by atoms with Gasteiger partial charge in [-0.2, -0.15) is 0 Å². The first-order valence-electron chi connectivity index (χ1n) is 6.06. The van der Waals surface area contributed by atoms with Crippen LogP contribution < -0.4 is 4.74 Å². The van der Waals surface area contributed by atoms with Crippen LogP contribution in [0, 0.1) is 0 Å². The summed E-state index contributed by atoms with van der Waals surface area (Å²) in [7, 11) is 1.77. The summed E-state index contributed by atoms with van der Waals surface area (Å²) in [5.41, 5.74) is 0. The third-order valence-electron chi connectivity index (χ3n) is 2.71. The summed E-state index contributed by atoms with van der Waals surface area (Å²) in [4.78, 5) is 14.6. The van der Waals surface area contributed by atoms with Crippen molar-refractivity contribution in [3.05, 3.63) is 47.9 Å². The van der Waals surface area contributed by atoms with Gasteiger partial charge in [-0.15, -0.1) is 11.3 Å². The highest BCUT2D eigenvalue weighted by Gasteiger charge is 2.16. The van der Waals surface area contributed by atoms with E-state index in [0.29, 0.717) is 18.0 Å². The fraction of sp³-hybridized carbons (Fsp3) is 0.214. The lowest BCUT2D eigenvalue weighted by Crippen LogP contribution is -2.30. The van der Waals surface area contributed by atoms with Crippen molar-refractivity contribution in [2.24, 2.45) is 0 Å². The van der Waals surface area contributed by atoms with E-state index in [1.54, 1.807) is 11.9 Å². The minimum absolute atomic E-state index is 0.00851. The van der Waals surface area contributed by atoms with Gasteiger partial charge in [0.1, 0.15) is 12.4 Å². The number of nitrogens with zero attached hydrogens (tertiary/aromatic N) is 1. The number of hydrogen-bond acceptors (Lipinski definition) is 3. The predicted octanol–water partition coefficient (Wildman–Crippen LogP) is 5.19. The summed E-state index contributed by atoms with van der Waals surface area (Å²) < 4.78 is 8.45. The molecule has 0 unspecified atom stereocenters. The number of carbonyl (C=O) groups is 1. The average Bonchev–Trinajstić information content (AvgIpc) is 2.80. The fourth-order valence-electron chi connectivity index (χ4n) is 1.57. The third kappa shape index (κ3) is 4.81. The number of likely N-dealkylation sites (N-methyl/N-ethyl adjacent to an activating group) is 1. The molecule has 0 N–H and O–H groups in total. The molecule has 3 nitrogen and oxygen atoms in total. The summed E-state index contributed by atoms with van der Waals surface area (Å²) in [5.74, 6) is 0.784. The third-order valence-corrected chi connectivity index (χ3v) is 6.48. The molecule has 1 aromatic heterocycles. The summed E-state index contributed by atoms with van der Waals surface area (Å²) in [6.45, 7) is 0.986. The Morgan fingerprint density at radius 3 is 2.48 bits per heavy atom. The Labute approximate surface area is 152 Å². The number of rotatable bonds is 5. The van der Waals surface area contributed by atoms with E-state index < -0.39 is 0 Å². The van der Waals surface area contributed by atoms with Crippen LogP contribution in [-0.2, 0) is 0 Å². The number of halogens is 3. The van der Waals surface area contributed by atoms with Gasteiger partial charge in [0.2, 0.25) is 0 Å². The molecule has 1 aromatic carbocycles. The van der Waals surface area contributed by atoms with Crippen molar-refractivity contribution < 1.29 is 9.53 Å². The van der Waals surface area contributed by atoms with Crippen molar-refractivity contribution >= 4 is 65.0 Å². The van der Waals surface area contributed by atoms with Gasteiger partial charge in [-0.25, -0.2) is 0 Å².